The van der Waals surface area contributed by atoms with E-state index in [4.69, 9.17) is 6.42 Å². The van der Waals surface area contributed by atoms with Gasteiger partial charge in [0.05, 0.1) is 0 Å². The fraction of sp³-hybridized carbons (Fsp3) is 0.385. The van der Waals surface area contributed by atoms with Crippen LogP contribution in [-0.2, 0) is 0 Å². The maximum atomic E-state index is 5.30. The van der Waals surface area contributed by atoms with E-state index >= 15 is 0 Å². The monoisotopic (exact) mass is 172 g/mol. The van der Waals surface area contributed by atoms with Gasteiger partial charge in [-0.25, -0.2) is 0 Å². The third-order valence-electron chi connectivity index (χ3n) is 2.39. The van der Waals surface area contributed by atoms with Crippen LogP contribution in [0.25, 0.3) is 0 Å². The zero-order valence-electron chi connectivity index (χ0n) is 8.59. The first-order valence-corrected chi connectivity index (χ1v) is 4.65. The van der Waals surface area contributed by atoms with Gasteiger partial charge in [0.25, 0.3) is 0 Å². The molecule has 0 nitrogen and oxygen atoms in total. The molecule has 0 aliphatic rings. The minimum atomic E-state index is 0.477. The molecule has 0 bridgehead atoms. The average Bonchev–Trinajstić information content (AvgIpc) is 2.09. The molecular formula is C13H16. The minimum Gasteiger partial charge on any atom is -0.120 e. The molecule has 0 aromatic heterocycles. The molecule has 0 amide bonds. The van der Waals surface area contributed by atoms with E-state index in [9.17, 15) is 0 Å². The second-order valence-corrected chi connectivity index (χ2v) is 3.67. The molecule has 1 rings (SSSR count). The number of hydrogen-bond donors (Lipinski definition) is 0. The van der Waals surface area contributed by atoms with Crippen molar-refractivity contribution >= 4 is 0 Å². The Labute approximate surface area is 81.0 Å². The van der Waals surface area contributed by atoms with Crippen molar-refractivity contribution in [2.45, 2.75) is 33.1 Å². The van der Waals surface area contributed by atoms with Crippen molar-refractivity contribution in [1.29, 1.82) is 0 Å². The molecule has 13 heavy (non-hydrogen) atoms. The molecular weight excluding hydrogens is 156 g/mol. The van der Waals surface area contributed by atoms with Crippen molar-refractivity contribution in [3.8, 4) is 12.3 Å². The van der Waals surface area contributed by atoms with E-state index in [1.807, 2.05) is 0 Å². The maximum Gasteiger partial charge on any atom is 0.0152 e. The summed E-state index contributed by atoms with van der Waals surface area (Å²) in [6, 6.07) is 6.54. The maximum absolute atomic E-state index is 5.30. The SMILES string of the molecule is C#CCC(C)c1cc(C)ccc1C. The molecule has 1 atom stereocenters. The van der Waals surface area contributed by atoms with E-state index in [0.717, 1.165) is 6.42 Å². The topological polar surface area (TPSA) is 0 Å². The highest BCUT2D eigenvalue weighted by Gasteiger charge is 2.06. The number of aryl methyl sites for hydroxylation is 2. The van der Waals surface area contributed by atoms with Gasteiger partial charge in [-0.05, 0) is 30.9 Å². The van der Waals surface area contributed by atoms with Crippen LogP contribution in [0.3, 0.4) is 0 Å². The fourth-order valence-corrected chi connectivity index (χ4v) is 1.58. The Bertz CT molecular complexity index is 328. The van der Waals surface area contributed by atoms with E-state index < -0.39 is 0 Å². The highest BCUT2D eigenvalue weighted by Crippen LogP contribution is 2.22. The first kappa shape index (κ1) is 9.86. The second kappa shape index (κ2) is 4.14. The standard InChI is InChI=1S/C13H16/c1-5-6-11(3)13-9-10(2)7-8-12(13)4/h1,7-9,11H,6H2,2-4H3. The Hall–Kier alpha value is -1.22. The van der Waals surface area contributed by atoms with Crippen LogP contribution in [0.1, 0.15) is 36.0 Å². The molecule has 68 valence electrons. The highest BCUT2D eigenvalue weighted by molar-refractivity contribution is 5.33. The normalized spacial score (nSPS) is 12.2. The number of rotatable bonds is 2. The van der Waals surface area contributed by atoms with Crippen molar-refractivity contribution in [2.24, 2.45) is 0 Å². The van der Waals surface area contributed by atoms with Crippen molar-refractivity contribution in [3.05, 3.63) is 34.9 Å². The number of terminal acetylenes is 1. The summed E-state index contributed by atoms with van der Waals surface area (Å²) in [5, 5.41) is 0. The molecule has 0 N–H and O–H groups in total. The molecule has 1 unspecified atom stereocenters. The third-order valence-corrected chi connectivity index (χ3v) is 2.39. The highest BCUT2D eigenvalue weighted by atomic mass is 14.1. The first-order valence-electron chi connectivity index (χ1n) is 4.65. The lowest BCUT2D eigenvalue weighted by Gasteiger charge is -2.12. The Morgan fingerprint density at radius 3 is 2.69 bits per heavy atom. The van der Waals surface area contributed by atoms with Crippen molar-refractivity contribution in [2.75, 3.05) is 0 Å². The van der Waals surface area contributed by atoms with E-state index in [2.05, 4.69) is 44.9 Å². The molecule has 1 aromatic carbocycles. The summed E-state index contributed by atoms with van der Waals surface area (Å²) in [5.41, 5.74) is 4.04. The minimum absolute atomic E-state index is 0.477. The van der Waals surface area contributed by atoms with Crippen LogP contribution in [0.4, 0.5) is 0 Å². The Morgan fingerprint density at radius 1 is 1.38 bits per heavy atom. The third kappa shape index (κ3) is 2.36. The molecule has 0 saturated carbocycles. The zero-order valence-corrected chi connectivity index (χ0v) is 8.59. The van der Waals surface area contributed by atoms with Crippen molar-refractivity contribution in [3.63, 3.8) is 0 Å². The van der Waals surface area contributed by atoms with Gasteiger partial charge in [0.2, 0.25) is 0 Å². The zero-order chi connectivity index (χ0) is 9.84. The van der Waals surface area contributed by atoms with Crippen molar-refractivity contribution < 1.29 is 0 Å². The summed E-state index contributed by atoms with van der Waals surface area (Å²) >= 11 is 0. The molecule has 0 aliphatic heterocycles. The van der Waals surface area contributed by atoms with Gasteiger partial charge in [0, 0.05) is 6.42 Å². The van der Waals surface area contributed by atoms with Crippen LogP contribution in [0.15, 0.2) is 18.2 Å². The van der Waals surface area contributed by atoms with Gasteiger partial charge in [0.1, 0.15) is 0 Å². The molecule has 0 spiro atoms. The van der Waals surface area contributed by atoms with Gasteiger partial charge in [-0.15, -0.1) is 12.3 Å². The van der Waals surface area contributed by atoms with E-state index in [-0.39, 0.29) is 0 Å². The summed E-state index contributed by atoms with van der Waals surface area (Å²) < 4.78 is 0. The number of benzene rings is 1. The summed E-state index contributed by atoms with van der Waals surface area (Å²) in [4.78, 5) is 0. The van der Waals surface area contributed by atoms with E-state index in [1.165, 1.54) is 16.7 Å². The quantitative estimate of drug-likeness (QED) is 0.599. The lowest BCUT2D eigenvalue weighted by Crippen LogP contribution is -1.96. The van der Waals surface area contributed by atoms with Gasteiger partial charge >= 0.3 is 0 Å². The van der Waals surface area contributed by atoms with E-state index in [0.29, 0.717) is 5.92 Å². The molecule has 0 heterocycles. The molecule has 0 saturated heterocycles. The van der Waals surface area contributed by atoms with Gasteiger partial charge in [-0.1, -0.05) is 30.7 Å². The second-order valence-electron chi connectivity index (χ2n) is 3.67. The smallest absolute Gasteiger partial charge is 0.0152 e. The molecule has 0 fully saturated rings. The average molecular weight is 172 g/mol. The largest absolute Gasteiger partial charge is 0.120 e. The number of hydrogen-bond acceptors (Lipinski definition) is 0. The van der Waals surface area contributed by atoms with Crippen LogP contribution in [0, 0.1) is 26.2 Å². The summed E-state index contributed by atoms with van der Waals surface area (Å²) in [6.07, 6.45) is 6.13. The van der Waals surface area contributed by atoms with Gasteiger partial charge in [-0.3, -0.25) is 0 Å². The first-order chi connectivity index (χ1) is 6.15. The lowest BCUT2D eigenvalue weighted by molar-refractivity contribution is 0.787. The lowest BCUT2D eigenvalue weighted by atomic mass is 9.93. The predicted octanol–water partition coefficient (Wildman–Crippen LogP) is 3.43. The van der Waals surface area contributed by atoms with Gasteiger partial charge in [-0.2, -0.15) is 0 Å². The van der Waals surface area contributed by atoms with Gasteiger partial charge < -0.3 is 0 Å². The summed E-state index contributed by atoms with van der Waals surface area (Å²) in [6.45, 7) is 6.44. The molecule has 0 heteroatoms. The van der Waals surface area contributed by atoms with Crippen LogP contribution in [0.2, 0.25) is 0 Å². The van der Waals surface area contributed by atoms with Gasteiger partial charge in [0.15, 0.2) is 0 Å². The fourth-order valence-electron chi connectivity index (χ4n) is 1.58. The van der Waals surface area contributed by atoms with Crippen LogP contribution < -0.4 is 0 Å². The van der Waals surface area contributed by atoms with Crippen molar-refractivity contribution in [1.82, 2.24) is 0 Å². The van der Waals surface area contributed by atoms with E-state index in [1.54, 1.807) is 0 Å². The molecule has 0 radical (unpaired) electrons. The van der Waals surface area contributed by atoms with Crippen LogP contribution in [0.5, 0.6) is 0 Å². The summed E-state index contributed by atoms with van der Waals surface area (Å²) in [5.74, 6) is 3.19. The summed E-state index contributed by atoms with van der Waals surface area (Å²) in [7, 11) is 0. The molecule has 1 aromatic rings. The van der Waals surface area contributed by atoms with Crippen LogP contribution in [-0.4, -0.2) is 0 Å². The van der Waals surface area contributed by atoms with Crippen LogP contribution >= 0.6 is 0 Å². The predicted molar refractivity (Wildman–Crippen MR) is 57.8 cm³/mol. The Balaban J connectivity index is 3.00. The molecule has 0 aliphatic carbocycles. The Morgan fingerprint density at radius 2 is 2.08 bits per heavy atom. The Kier molecular flexibility index (Phi) is 3.14.